The minimum Gasteiger partial charge on any atom is -0.324 e. The summed E-state index contributed by atoms with van der Waals surface area (Å²) in [5.41, 5.74) is 3.55. The van der Waals surface area contributed by atoms with Crippen molar-refractivity contribution < 1.29 is 9.59 Å². The van der Waals surface area contributed by atoms with Crippen molar-refractivity contribution in [1.29, 1.82) is 0 Å². The van der Waals surface area contributed by atoms with E-state index >= 15 is 0 Å². The van der Waals surface area contributed by atoms with Crippen LogP contribution in [0.4, 0.5) is 11.4 Å². The van der Waals surface area contributed by atoms with Crippen LogP contribution in [0.3, 0.4) is 0 Å². The van der Waals surface area contributed by atoms with Gasteiger partial charge in [0, 0.05) is 17.2 Å². The third-order valence-electron chi connectivity index (χ3n) is 5.63. The minimum absolute atomic E-state index is 0.0977. The fraction of sp³-hybridized carbons (Fsp3) is 0.308. The van der Waals surface area contributed by atoms with E-state index in [-0.39, 0.29) is 23.4 Å². The lowest BCUT2D eigenvalue weighted by molar-refractivity contribution is -0.120. The Morgan fingerprint density at radius 2 is 1.61 bits per heavy atom. The zero-order valence-corrected chi connectivity index (χ0v) is 19.7. The van der Waals surface area contributed by atoms with Crippen LogP contribution in [0.25, 0.3) is 11.3 Å². The first-order chi connectivity index (χ1) is 15.7. The molecule has 0 aliphatic rings. The molecule has 172 valence electrons. The van der Waals surface area contributed by atoms with Gasteiger partial charge in [-0.3, -0.25) is 14.4 Å². The van der Waals surface area contributed by atoms with E-state index in [1.165, 1.54) is 4.68 Å². The van der Waals surface area contributed by atoms with Gasteiger partial charge >= 0.3 is 0 Å². The normalized spacial score (nSPS) is 11.8. The second-order valence-corrected chi connectivity index (χ2v) is 8.36. The van der Waals surface area contributed by atoms with E-state index in [1.807, 2.05) is 69.3 Å². The van der Waals surface area contributed by atoms with Gasteiger partial charge in [0.05, 0.1) is 5.69 Å². The maximum absolute atomic E-state index is 13.3. The Bertz CT molecular complexity index is 1220. The van der Waals surface area contributed by atoms with Crippen LogP contribution in [0.5, 0.6) is 0 Å². The molecule has 0 bridgehead atoms. The maximum Gasteiger partial charge on any atom is 0.291 e. The predicted molar refractivity (Wildman–Crippen MR) is 131 cm³/mol. The molecule has 3 rings (SSSR count). The highest BCUT2D eigenvalue weighted by atomic mass is 16.2. The summed E-state index contributed by atoms with van der Waals surface area (Å²) in [6.45, 7) is 9.23. The SMILES string of the molecule is CC[C@H](C(=O)Nc1cccc(C)c1C)n1nc(-c2ccccc2)cc(NC(=O)C(C)C)c1=O. The van der Waals surface area contributed by atoms with Gasteiger partial charge < -0.3 is 10.6 Å². The van der Waals surface area contributed by atoms with Crippen molar-refractivity contribution in [2.45, 2.75) is 47.1 Å². The Hall–Kier alpha value is -3.74. The standard InChI is InChI=1S/C26H30N4O3/c1-6-23(25(32)27-20-14-10-11-17(4)18(20)5)30-26(33)22(28-24(31)16(2)3)15-21(29-30)19-12-8-7-9-13-19/h7-16,23H,6H2,1-5H3,(H,27,32)(H,28,31)/t23-/m1/s1. The zero-order chi connectivity index (χ0) is 24.1. The van der Waals surface area contributed by atoms with E-state index in [2.05, 4.69) is 15.7 Å². The fourth-order valence-corrected chi connectivity index (χ4v) is 3.41. The van der Waals surface area contributed by atoms with Gasteiger partial charge in [0.1, 0.15) is 11.7 Å². The summed E-state index contributed by atoms with van der Waals surface area (Å²) in [6.07, 6.45) is 0.347. The third-order valence-corrected chi connectivity index (χ3v) is 5.63. The van der Waals surface area contributed by atoms with Gasteiger partial charge in [-0.1, -0.05) is 63.2 Å². The Morgan fingerprint density at radius 1 is 0.939 bits per heavy atom. The molecule has 0 radical (unpaired) electrons. The molecule has 0 fully saturated rings. The van der Waals surface area contributed by atoms with Crippen molar-refractivity contribution in [3.05, 3.63) is 76.1 Å². The van der Waals surface area contributed by atoms with Gasteiger partial charge in [-0.25, -0.2) is 4.68 Å². The lowest BCUT2D eigenvalue weighted by Gasteiger charge is -2.20. The topological polar surface area (TPSA) is 93.1 Å². The molecule has 1 atom stereocenters. The molecule has 1 aromatic heterocycles. The van der Waals surface area contributed by atoms with Crippen molar-refractivity contribution in [3.8, 4) is 11.3 Å². The average Bonchev–Trinajstić information content (AvgIpc) is 2.80. The van der Waals surface area contributed by atoms with E-state index < -0.39 is 11.6 Å². The van der Waals surface area contributed by atoms with Crippen LogP contribution in [0.1, 0.15) is 44.4 Å². The van der Waals surface area contributed by atoms with Gasteiger partial charge in [0.2, 0.25) is 11.8 Å². The van der Waals surface area contributed by atoms with Gasteiger partial charge in [-0.2, -0.15) is 5.10 Å². The molecule has 3 aromatic rings. The molecule has 2 aromatic carbocycles. The monoisotopic (exact) mass is 446 g/mol. The van der Waals surface area contributed by atoms with Crippen LogP contribution in [-0.2, 0) is 9.59 Å². The summed E-state index contributed by atoms with van der Waals surface area (Å²) in [6, 6.07) is 15.7. The first-order valence-corrected chi connectivity index (χ1v) is 11.1. The van der Waals surface area contributed by atoms with Crippen LogP contribution in [0, 0.1) is 19.8 Å². The Labute approximate surface area is 193 Å². The lowest BCUT2D eigenvalue weighted by Crippen LogP contribution is -2.37. The molecular formula is C26H30N4O3. The van der Waals surface area contributed by atoms with Crippen LogP contribution >= 0.6 is 0 Å². The molecule has 7 heteroatoms. The number of hydrogen-bond donors (Lipinski definition) is 2. The molecule has 2 amide bonds. The van der Waals surface area contributed by atoms with Crippen molar-refractivity contribution >= 4 is 23.2 Å². The van der Waals surface area contributed by atoms with E-state index in [0.29, 0.717) is 17.8 Å². The van der Waals surface area contributed by atoms with Crippen molar-refractivity contribution in [2.75, 3.05) is 10.6 Å². The largest absolute Gasteiger partial charge is 0.324 e. The van der Waals surface area contributed by atoms with Crippen molar-refractivity contribution in [3.63, 3.8) is 0 Å². The summed E-state index contributed by atoms with van der Waals surface area (Å²) < 4.78 is 1.18. The van der Waals surface area contributed by atoms with Crippen LogP contribution in [-0.4, -0.2) is 21.6 Å². The Balaban J connectivity index is 2.08. The molecule has 33 heavy (non-hydrogen) atoms. The van der Waals surface area contributed by atoms with Gasteiger partial charge in [0.25, 0.3) is 5.56 Å². The number of hydrogen-bond acceptors (Lipinski definition) is 4. The summed E-state index contributed by atoms with van der Waals surface area (Å²) in [7, 11) is 0. The number of nitrogens with zero attached hydrogens (tertiary/aromatic N) is 2. The smallest absolute Gasteiger partial charge is 0.291 e. The summed E-state index contributed by atoms with van der Waals surface area (Å²) in [4.78, 5) is 38.9. The first-order valence-electron chi connectivity index (χ1n) is 11.1. The first kappa shape index (κ1) is 23.9. The number of benzene rings is 2. The third kappa shape index (κ3) is 5.37. The number of rotatable bonds is 7. The van der Waals surface area contributed by atoms with Gasteiger partial charge in [-0.15, -0.1) is 0 Å². The zero-order valence-electron chi connectivity index (χ0n) is 19.7. The second-order valence-electron chi connectivity index (χ2n) is 8.36. The van der Waals surface area contributed by atoms with E-state index in [1.54, 1.807) is 19.9 Å². The number of anilines is 2. The van der Waals surface area contributed by atoms with Gasteiger partial charge in [-0.05, 0) is 43.5 Å². The molecule has 0 saturated heterocycles. The number of aromatic nitrogens is 2. The molecule has 0 unspecified atom stereocenters. The fourth-order valence-electron chi connectivity index (χ4n) is 3.41. The molecule has 0 aliphatic carbocycles. The highest BCUT2D eigenvalue weighted by Crippen LogP contribution is 2.23. The van der Waals surface area contributed by atoms with Crippen molar-refractivity contribution in [2.24, 2.45) is 5.92 Å². The number of amides is 2. The number of aryl methyl sites for hydroxylation is 1. The second kappa shape index (κ2) is 10.3. The molecule has 1 heterocycles. The molecule has 7 nitrogen and oxygen atoms in total. The number of carbonyl (C=O) groups is 2. The molecule has 2 N–H and O–H groups in total. The Morgan fingerprint density at radius 3 is 2.24 bits per heavy atom. The maximum atomic E-state index is 13.3. The summed E-state index contributed by atoms with van der Waals surface area (Å²) >= 11 is 0. The van der Waals surface area contributed by atoms with E-state index in [9.17, 15) is 14.4 Å². The molecule has 0 spiro atoms. The highest BCUT2D eigenvalue weighted by Gasteiger charge is 2.25. The van der Waals surface area contributed by atoms with Crippen LogP contribution in [0.2, 0.25) is 0 Å². The molecular weight excluding hydrogens is 416 g/mol. The Kier molecular flexibility index (Phi) is 7.43. The summed E-state index contributed by atoms with van der Waals surface area (Å²) in [5.74, 6) is -0.926. The van der Waals surface area contributed by atoms with E-state index in [4.69, 9.17) is 0 Å². The summed E-state index contributed by atoms with van der Waals surface area (Å²) in [5, 5.41) is 10.2. The predicted octanol–water partition coefficient (Wildman–Crippen LogP) is 4.71. The van der Waals surface area contributed by atoms with Crippen LogP contribution in [0.15, 0.2) is 59.4 Å². The lowest BCUT2D eigenvalue weighted by atomic mass is 10.1. The van der Waals surface area contributed by atoms with E-state index in [0.717, 1.165) is 16.7 Å². The molecule has 0 aliphatic heterocycles. The average molecular weight is 447 g/mol. The molecule has 0 saturated carbocycles. The quantitative estimate of drug-likeness (QED) is 0.550. The van der Waals surface area contributed by atoms with Crippen LogP contribution < -0.4 is 16.2 Å². The van der Waals surface area contributed by atoms with Crippen molar-refractivity contribution in [1.82, 2.24) is 9.78 Å². The minimum atomic E-state index is -0.851. The number of carbonyl (C=O) groups excluding carboxylic acids is 2. The number of nitrogens with one attached hydrogen (secondary N) is 2. The highest BCUT2D eigenvalue weighted by molar-refractivity contribution is 5.95. The van der Waals surface area contributed by atoms with Gasteiger partial charge in [0.15, 0.2) is 0 Å².